The average Bonchev–Trinajstić information content (AvgIpc) is 3.34. The molecule has 4 rings (SSSR count). The molecule has 0 spiro atoms. The fraction of sp³-hybridized carbons (Fsp3) is 0.263. The van der Waals surface area contributed by atoms with Crippen LogP contribution in [0.15, 0.2) is 51.9 Å². The molecule has 10 heteroatoms. The molecule has 0 radical (unpaired) electrons. The third-order valence-electron chi connectivity index (χ3n) is 4.27. The van der Waals surface area contributed by atoms with Crippen molar-refractivity contribution in [3.8, 4) is 11.4 Å². The second kappa shape index (κ2) is 9.08. The predicted octanol–water partition coefficient (Wildman–Crippen LogP) is 4.00. The molecule has 4 aromatic rings. The molecule has 3 heterocycles. The van der Waals surface area contributed by atoms with Crippen LogP contribution in [0.25, 0.3) is 16.3 Å². The van der Waals surface area contributed by atoms with Gasteiger partial charge in [0.25, 0.3) is 5.56 Å². The number of thioether (sulfide) groups is 1. The maximum atomic E-state index is 12.2. The van der Waals surface area contributed by atoms with E-state index in [0.717, 1.165) is 23.0 Å². The fourth-order valence-electron chi connectivity index (χ4n) is 2.91. The Labute approximate surface area is 180 Å². The minimum atomic E-state index is -0.0785. The summed E-state index contributed by atoms with van der Waals surface area (Å²) in [5.41, 5.74) is 1.47. The zero-order chi connectivity index (χ0) is 20.2. The largest absolute Gasteiger partial charge is 0.385 e. The molecule has 0 fully saturated rings. The predicted molar refractivity (Wildman–Crippen MR) is 116 cm³/mol. The number of halogens is 1. The van der Waals surface area contributed by atoms with Crippen molar-refractivity contribution < 1.29 is 4.74 Å². The lowest BCUT2D eigenvalue weighted by Crippen LogP contribution is -2.12. The Kier molecular flexibility index (Phi) is 6.29. The third kappa shape index (κ3) is 4.37. The number of nitrogens with zero attached hydrogens (tertiary/aromatic N) is 5. The van der Waals surface area contributed by atoms with Crippen LogP contribution in [0.5, 0.6) is 0 Å². The molecule has 1 aromatic carbocycles. The normalized spacial score (nSPS) is 11.4. The number of hydrogen-bond acceptors (Lipinski definition) is 7. The molecule has 7 nitrogen and oxygen atoms in total. The van der Waals surface area contributed by atoms with Crippen molar-refractivity contribution in [3.63, 3.8) is 0 Å². The summed E-state index contributed by atoms with van der Waals surface area (Å²) >= 11 is 9.31. The van der Waals surface area contributed by atoms with Gasteiger partial charge in [0.1, 0.15) is 0 Å². The van der Waals surface area contributed by atoms with Crippen LogP contribution in [0.2, 0.25) is 5.02 Å². The van der Waals surface area contributed by atoms with E-state index in [1.54, 1.807) is 23.8 Å². The molecule has 0 N–H and O–H groups in total. The first-order valence-electron chi connectivity index (χ1n) is 8.93. The van der Waals surface area contributed by atoms with Gasteiger partial charge < -0.3 is 9.30 Å². The highest BCUT2D eigenvalue weighted by Gasteiger charge is 2.17. The van der Waals surface area contributed by atoms with Crippen molar-refractivity contribution >= 4 is 39.7 Å². The van der Waals surface area contributed by atoms with Crippen molar-refractivity contribution in [3.05, 3.63) is 63.0 Å². The van der Waals surface area contributed by atoms with E-state index in [1.165, 1.54) is 23.1 Å². The Balaban J connectivity index is 1.62. The first-order valence-corrected chi connectivity index (χ1v) is 11.2. The molecule has 0 atom stereocenters. The van der Waals surface area contributed by atoms with E-state index in [-0.39, 0.29) is 5.56 Å². The number of methoxy groups -OCH3 is 1. The molecule has 0 aliphatic carbocycles. The van der Waals surface area contributed by atoms with Crippen LogP contribution < -0.4 is 5.56 Å². The minimum absolute atomic E-state index is 0.0785. The molecular formula is C19H18ClN5O2S2. The highest BCUT2D eigenvalue weighted by atomic mass is 35.5. The van der Waals surface area contributed by atoms with Crippen molar-refractivity contribution in [2.45, 2.75) is 23.9 Å². The third-order valence-corrected chi connectivity index (χ3v) is 6.35. The summed E-state index contributed by atoms with van der Waals surface area (Å²) in [5, 5.41) is 12.0. The van der Waals surface area contributed by atoms with E-state index >= 15 is 0 Å². The zero-order valence-electron chi connectivity index (χ0n) is 15.6. The lowest BCUT2D eigenvalue weighted by Gasteiger charge is -2.11. The van der Waals surface area contributed by atoms with E-state index in [0.29, 0.717) is 34.6 Å². The second-order valence-corrected chi connectivity index (χ2v) is 8.44. The topological polar surface area (TPSA) is 74.3 Å². The molecule has 0 saturated heterocycles. The Hall–Kier alpha value is -2.20. The first kappa shape index (κ1) is 20.1. The van der Waals surface area contributed by atoms with E-state index in [9.17, 15) is 4.79 Å². The molecule has 0 amide bonds. The quantitative estimate of drug-likeness (QED) is 0.300. The van der Waals surface area contributed by atoms with Crippen molar-refractivity contribution in [1.82, 2.24) is 24.1 Å². The van der Waals surface area contributed by atoms with Crippen molar-refractivity contribution in [2.24, 2.45) is 0 Å². The molecule has 150 valence electrons. The maximum absolute atomic E-state index is 12.2. The average molecular weight is 448 g/mol. The summed E-state index contributed by atoms with van der Waals surface area (Å²) in [4.78, 5) is 17.4. The van der Waals surface area contributed by atoms with Gasteiger partial charge in [-0.05, 0) is 18.6 Å². The summed E-state index contributed by atoms with van der Waals surface area (Å²) in [6.07, 6.45) is 2.55. The first-order chi connectivity index (χ1) is 14.2. The molecule has 0 saturated carbocycles. The smallest absolute Gasteiger partial charge is 0.258 e. The van der Waals surface area contributed by atoms with Crippen LogP contribution in [-0.2, 0) is 17.0 Å². The maximum Gasteiger partial charge on any atom is 0.258 e. The van der Waals surface area contributed by atoms with Crippen molar-refractivity contribution in [2.75, 3.05) is 13.7 Å². The van der Waals surface area contributed by atoms with Crippen LogP contribution in [-0.4, -0.2) is 37.9 Å². The fourth-order valence-corrected chi connectivity index (χ4v) is 4.72. The standard InChI is InChI=1S/C19H18ClN5O2S2/c1-27-9-4-7-25-17(14-5-2-3-6-15(14)20)22-23-19(25)29-12-13-11-16(26)24-8-10-28-18(24)21-13/h2-3,5-6,8,10-11H,4,7,9,12H2,1H3. The van der Waals surface area contributed by atoms with E-state index in [4.69, 9.17) is 16.3 Å². The molecule has 0 aliphatic heterocycles. The molecule has 3 aromatic heterocycles. The Morgan fingerprint density at radius 2 is 2.14 bits per heavy atom. The molecular weight excluding hydrogens is 430 g/mol. The summed E-state index contributed by atoms with van der Waals surface area (Å²) in [7, 11) is 1.68. The Morgan fingerprint density at radius 1 is 1.28 bits per heavy atom. The van der Waals surface area contributed by atoms with Crippen LogP contribution in [0.3, 0.4) is 0 Å². The summed E-state index contributed by atoms with van der Waals surface area (Å²) in [6, 6.07) is 9.15. The molecule has 0 aliphatic rings. The second-order valence-electron chi connectivity index (χ2n) is 6.21. The Bertz CT molecular complexity index is 1190. The van der Waals surface area contributed by atoms with Gasteiger partial charge in [0, 0.05) is 49.2 Å². The summed E-state index contributed by atoms with van der Waals surface area (Å²) in [5.74, 6) is 1.24. The molecule has 29 heavy (non-hydrogen) atoms. The zero-order valence-corrected chi connectivity index (χ0v) is 18.0. The molecule has 0 unspecified atom stereocenters. The number of ether oxygens (including phenoxy) is 1. The lowest BCUT2D eigenvalue weighted by molar-refractivity contribution is 0.189. The number of fused-ring (bicyclic) bond motifs is 1. The molecule has 0 bridgehead atoms. The van der Waals surface area contributed by atoms with E-state index < -0.39 is 0 Å². The number of benzene rings is 1. The SMILES string of the molecule is COCCCn1c(SCc2cc(=O)n3ccsc3n2)nnc1-c1ccccc1Cl. The summed E-state index contributed by atoms with van der Waals surface area (Å²) < 4.78 is 8.78. The van der Waals surface area contributed by atoms with Gasteiger partial charge in [0.2, 0.25) is 0 Å². The number of rotatable bonds is 8. The van der Waals surface area contributed by atoms with Crippen LogP contribution >= 0.6 is 34.7 Å². The van der Waals surface area contributed by atoms with Crippen LogP contribution in [0.1, 0.15) is 12.1 Å². The summed E-state index contributed by atoms with van der Waals surface area (Å²) in [6.45, 7) is 1.33. The van der Waals surface area contributed by atoms with Crippen LogP contribution in [0.4, 0.5) is 0 Å². The van der Waals surface area contributed by atoms with Gasteiger partial charge >= 0.3 is 0 Å². The van der Waals surface area contributed by atoms with Crippen molar-refractivity contribution in [1.29, 1.82) is 0 Å². The van der Waals surface area contributed by atoms with Gasteiger partial charge in [-0.2, -0.15) is 0 Å². The van der Waals surface area contributed by atoms with Gasteiger partial charge in [-0.3, -0.25) is 9.20 Å². The highest BCUT2D eigenvalue weighted by Crippen LogP contribution is 2.30. The van der Waals surface area contributed by atoms with E-state index in [2.05, 4.69) is 15.2 Å². The van der Waals surface area contributed by atoms with Gasteiger partial charge in [0.15, 0.2) is 15.9 Å². The lowest BCUT2D eigenvalue weighted by atomic mass is 10.2. The minimum Gasteiger partial charge on any atom is -0.385 e. The number of aromatic nitrogens is 5. The highest BCUT2D eigenvalue weighted by molar-refractivity contribution is 7.98. The van der Waals surface area contributed by atoms with Gasteiger partial charge in [-0.15, -0.1) is 21.5 Å². The monoisotopic (exact) mass is 447 g/mol. The number of thiazole rings is 1. The van der Waals surface area contributed by atoms with Gasteiger partial charge in [-0.1, -0.05) is 35.5 Å². The van der Waals surface area contributed by atoms with E-state index in [1.807, 2.05) is 34.2 Å². The van der Waals surface area contributed by atoms with Gasteiger partial charge in [-0.25, -0.2) is 4.98 Å². The van der Waals surface area contributed by atoms with Gasteiger partial charge in [0.05, 0.1) is 10.7 Å². The Morgan fingerprint density at radius 3 is 2.97 bits per heavy atom. The van der Waals surface area contributed by atoms with Crippen LogP contribution in [0, 0.1) is 0 Å². The number of hydrogen-bond donors (Lipinski definition) is 0.